The van der Waals surface area contributed by atoms with Crippen LogP contribution >= 0.6 is 15.9 Å². The summed E-state index contributed by atoms with van der Waals surface area (Å²) in [7, 11) is 1.73. The van der Waals surface area contributed by atoms with Crippen LogP contribution in [0.1, 0.15) is 15.9 Å². The number of carbonyl (C=O) groups is 1. The highest BCUT2D eigenvalue weighted by atomic mass is 79.9. The van der Waals surface area contributed by atoms with E-state index in [0.29, 0.717) is 11.4 Å². The number of aromatic nitrogens is 1. The third-order valence-electron chi connectivity index (χ3n) is 2.74. The summed E-state index contributed by atoms with van der Waals surface area (Å²) in [4.78, 5) is 18.1. The van der Waals surface area contributed by atoms with E-state index in [2.05, 4.69) is 20.9 Å². The summed E-state index contributed by atoms with van der Waals surface area (Å²) in [6.45, 7) is 1.93. The van der Waals surface area contributed by atoms with Crippen molar-refractivity contribution >= 4 is 27.7 Å². The molecule has 1 heterocycles. The van der Waals surface area contributed by atoms with E-state index in [1.54, 1.807) is 24.2 Å². The number of halogens is 1. The van der Waals surface area contributed by atoms with Crippen molar-refractivity contribution in [3.63, 3.8) is 0 Å². The number of pyridine rings is 1. The van der Waals surface area contributed by atoms with Gasteiger partial charge in [-0.15, -0.1) is 0 Å². The molecule has 2 aromatic rings. The van der Waals surface area contributed by atoms with Gasteiger partial charge in [0.1, 0.15) is 5.82 Å². The lowest BCUT2D eigenvalue weighted by atomic mass is 10.1. The van der Waals surface area contributed by atoms with Gasteiger partial charge in [0.2, 0.25) is 0 Å². The third-order valence-corrected chi connectivity index (χ3v) is 3.20. The second-order valence-electron chi connectivity index (χ2n) is 4.01. The number of hydrogen-bond donors (Lipinski definition) is 0. The van der Waals surface area contributed by atoms with Crippen molar-refractivity contribution in [3.8, 4) is 0 Å². The lowest BCUT2D eigenvalue weighted by molar-refractivity contribution is 0.0991. The first kappa shape index (κ1) is 12.8. The first-order valence-electron chi connectivity index (χ1n) is 5.55. The molecule has 0 N–H and O–H groups in total. The molecule has 1 aromatic heterocycles. The number of rotatable bonds is 2. The second kappa shape index (κ2) is 5.31. The van der Waals surface area contributed by atoms with Crippen LogP contribution in [0.25, 0.3) is 0 Å². The number of anilines is 1. The minimum absolute atomic E-state index is 0.0528. The SMILES string of the molecule is Cc1ccccc1C(=O)N(C)c1ccc(Br)cn1. The molecule has 0 bridgehead atoms. The fourth-order valence-corrected chi connectivity index (χ4v) is 1.90. The molecular weight excluding hydrogens is 292 g/mol. The smallest absolute Gasteiger partial charge is 0.259 e. The van der Waals surface area contributed by atoms with Gasteiger partial charge in [-0.2, -0.15) is 0 Å². The number of nitrogens with zero attached hydrogens (tertiary/aromatic N) is 2. The summed E-state index contributed by atoms with van der Waals surface area (Å²) in [5, 5.41) is 0. The maximum absolute atomic E-state index is 12.3. The molecule has 1 amide bonds. The minimum atomic E-state index is -0.0528. The molecule has 2 rings (SSSR count). The van der Waals surface area contributed by atoms with Crippen LogP contribution in [0.5, 0.6) is 0 Å². The number of amides is 1. The summed E-state index contributed by atoms with van der Waals surface area (Å²) < 4.78 is 0.892. The highest BCUT2D eigenvalue weighted by molar-refractivity contribution is 9.10. The lowest BCUT2D eigenvalue weighted by Gasteiger charge is -2.17. The zero-order valence-electron chi connectivity index (χ0n) is 10.2. The van der Waals surface area contributed by atoms with Crippen molar-refractivity contribution in [1.82, 2.24) is 4.98 Å². The average Bonchev–Trinajstić information content (AvgIpc) is 2.38. The minimum Gasteiger partial charge on any atom is -0.296 e. The zero-order chi connectivity index (χ0) is 13.1. The highest BCUT2D eigenvalue weighted by Crippen LogP contribution is 2.17. The van der Waals surface area contributed by atoms with Crippen LogP contribution in [0, 0.1) is 6.92 Å². The van der Waals surface area contributed by atoms with Gasteiger partial charge in [0.05, 0.1) is 0 Å². The predicted molar refractivity (Wildman–Crippen MR) is 75.8 cm³/mol. The van der Waals surface area contributed by atoms with Crippen LogP contribution in [-0.4, -0.2) is 17.9 Å². The largest absolute Gasteiger partial charge is 0.296 e. The molecule has 0 unspecified atom stereocenters. The molecule has 0 radical (unpaired) electrons. The molecule has 92 valence electrons. The Morgan fingerprint density at radius 3 is 2.56 bits per heavy atom. The highest BCUT2D eigenvalue weighted by Gasteiger charge is 2.15. The van der Waals surface area contributed by atoms with Gasteiger partial charge in [0, 0.05) is 23.3 Å². The number of carbonyl (C=O) groups excluding carboxylic acids is 1. The summed E-state index contributed by atoms with van der Waals surface area (Å²) in [5.74, 6) is 0.578. The van der Waals surface area contributed by atoms with E-state index in [-0.39, 0.29) is 5.91 Å². The Bertz CT molecular complexity index is 566. The number of hydrogen-bond acceptors (Lipinski definition) is 2. The number of benzene rings is 1. The van der Waals surface area contributed by atoms with E-state index in [1.807, 2.05) is 37.3 Å². The van der Waals surface area contributed by atoms with E-state index < -0.39 is 0 Å². The van der Waals surface area contributed by atoms with E-state index >= 15 is 0 Å². The molecule has 0 spiro atoms. The zero-order valence-corrected chi connectivity index (χ0v) is 11.8. The topological polar surface area (TPSA) is 33.2 Å². The molecule has 18 heavy (non-hydrogen) atoms. The molecule has 0 fully saturated rings. The number of aryl methyl sites for hydroxylation is 1. The maximum Gasteiger partial charge on any atom is 0.259 e. The summed E-state index contributed by atoms with van der Waals surface area (Å²) in [6.07, 6.45) is 1.68. The van der Waals surface area contributed by atoms with Gasteiger partial charge in [-0.25, -0.2) is 4.98 Å². The lowest BCUT2D eigenvalue weighted by Crippen LogP contribution is -2.27. The first-order valence-corrected chi connectivity index (χ1v) is 6.34. The van der Waals surface area contributed by atoms with Crippen LogP contribution in [0.4, 0.5) is 5.82 Å². The Balaban J connectivity index is 2.29. The first-order chi connectivity index (χ1) is 8.59. The Hall–Kier alpha value is -1.68. The van der Waals surface area contributed by atoms with Crippen molar-refractivity contribution in [2.24, 2.45) is 0 Å². The predicted octanol–water partition coefficient (Wildman–Crippen LogP) is 3.43. The molecule has 0 aliphatic carbocycles. The van der Waals surface area contributed by atoms with E-state index in [9.17, 15) is 4.79 Å². The van der Waals surface area contributed by atoms with Gasteiger partial charge >= 0.3 is 0 Å². The molecule has 0 saturated heterocycles. The van der Waals surface area contributed by atoms with Crippen LogP contribution in [0.15, 0.2) is 47.1 Å². The van der Waals surface area contributed by atoms with Gasteiger partial charge in [0.25, 0.3) is 5.91 Å². The molecule has 0 atom stereocenters. The van der Waals surface area contributed by atoms with E-state index in [4.69, 9.17) is 0 Å². The van der Waals surface area contributed by atoms with Gasteiger partial charge in [-0.05, 0) is 46.6 Å². The van der Waals surface area contributed by atoms with Gasteiger partial charge < -0.3 is 0 Å². The maximum atomic E-state index is 12.3. The monoisotopic (exact) mass is 304 g/mol. The molecule has 0 aliphatic heterocycles. The summed E-state index contributed by atoms with van der Waals surface area (Å²) >= 11 is 3.32. The molecular formula is C14H13BrN2O. The fourth-order valence-electron chi connectivity index (χ4n) is 1.66. The molecule has 3 nitrogen and oxygen atoms in total. The Morgan fingerprint density at radius 1 is 1.22 bits per heavy atom. The van der Waals surface area contributed by atoms with E-state index in [0.717, 1.165) is 10.0 Å². The Morgan fingerprint density at radius 2 is 1.94 bits per heavy atom. The van der Waals surface area contributed by atoms with Crippen molar-refractivity contribution in [2.75, 3.05) is 11.9 Å². The van der Waals surface area contributed by atoms with Gasteiger partial charge in [-0.1, -0.05) is 18.2 Å². The van der Waals surface area contributed by atoms with Crippen molar-refractivity contribution in [3.05, 3.63) is 58.2 Å². The average molecular weight is 305 g/mol. The Labute approximate surface area is 115 Å². The van der Waals surface area contributed by atoms with E-state index in [1.165, 1.54) is 0 Å². The van der Waals surface area contributed by atoms with Crippen molar-refractivity contribution in [2.45, 2.75) is 6.92 Å². The van der Waals surface area contributed by atoms with Crippen molar-refractivity contribution < 1.29 is 4.79 Å². The third kappa shape index (κ3) is 2.59. The molecule has 0 aliphatic rings. The quantitative estimate of drug-likeness (QED) is 0.851. The van der Waals surface area contributed by atoms with Crippen molar-refractivity contribution in [1.29, 1.82) is 0 Å². The second-order valence-corrected chi connectivity index (χ2v) is 4.93. The van der Waals surface area contributed by atoms with Crippen LogP contribution in [-0.2, 0) is 0 Å². The molecule has 4 heteroatoms. The Kier molecular flexibility index (Phi) is 3.77. The standard InChI is InChI=1S/C14H13BrN2O/c1-10-5-3-4-6-12(10)14(18)17(2)13-8-7-11(15)9-16-13/h3-9H,1-2H3. The molecule has 1 aromatic carbocycles. The fraction of sp³-hybridized carbons (Fsp3) is 0.143. The summed E-state index contributed by atoms with van der Waals surface area (Å²) in [5.41, 5.74) is 1.66. The van der Waals surface area contributed by atoms with Crippen LogP contribution in [0.2, 0.25) is 0 Å². The van der Waals surface area contributed by atoms with Crippen LogP contribution in [0.3, 0.4) is 0 Å². The van der Waals surface area contributed by atoms with Gasteiger partial charge in [-0.3, -0.25) is 9.69 Å². The summed E-state index contributed by atoms with van der Waals surface area (Å²) in [6, 6.07) is 11.2. The van der Waals surface area contributed by atoms with Gasteiger partial charge in [0.15, 0.2) is 0 Å². The van der Waals surface area contributed by atoms with Crippen LogP contribution < -0.4 is 4.90 Å². The molecule has 0 saturated carbocycles. The normalized spacial score (nSPS) is 10.2.